The first-order valence-electron chi connectivity index (χ1n) is 8.40. The van der Waals surface area contributed by atoms with Crippen LogP contribution < -0.4 is 10.9 Å². The van der Waals surface area contributed by atoms with Crippen LogP contribution in [0.5, 0.6) is 0 Å². The van der Waals surface area contributed by atoms with Crippen LogP contribution in [0, 0.1) is 0 Å². The van der Waals surface area contributed by atoms with Crippen molar-refractivity contribution in [3.05, 3.63) is 76.6 Å². The topological polar surface area (TPSA) is 89.8 Å². The van der Waals surface area contributed by atoms with Crippen molar-refractivity contribution < 1.29 is 4.79 Å². The minimum absolute atomic E-state index is 0.213. The Hall–Kier alpha value is -3.35. The highest BCUT2D eigenvalue weighted by atomic mass is 16.2. The van der Waals surface area contributed by atoms with Crippen LogP contribution in [0.2, 0.25) is 0 Å². The fourth-order valence-electron chi connectivity index (χ4n) is 2.40. The lowest BCUT2D eigenvalue weighted by Gasteiger charge is -2.08. The first-order valence-corrected chi connectivity index (χ1v) is 8.40. The molecule has 26 heavy (non-hydrogen) atoms. The van der Waals surface area contributed by atoms with Gasteiger partial charge in [-0.2, -0.15) is 5.10 Å². The van der Waals surface area contributed by atoms with Crippen LogP contribution in [0.3, 0.4) is 0 Å². The van der Waals surface area contributed by atoms with E-state index < -0.39 is 0 Å². The van der Waals surface area contributed by atoms with Crippen LogP contribution >= 0.6 is 0 Å². The van der Waals surface area contributed by atoms with Crippen LogP contribution in [-0.4, -0.2) is 32.2 Å². The van der Waals surface area contributed by atoms with E-state index in [1.54, 1.807) is 6.07 Å². The number of amides is 1. The van der Waals surface area contributed by atoms with Crippen molar-refractivity contribution in [2.24, 2.45) is 0 Å². The predicted octanol–water partition coefficient (Wildman–Crippen LogP) is 1.69. The summed E-state index contributed by atoms with van der Waals surface area (Å²) >= 11 is 0. The predicted molar refractivity (Wildman–Crippen MR) is 97.7 cm³/mol. The number of rotatable bonds is 6. The maximum atomic E-state index is 12.1. The number of nitrogens with zero attached hydrogens (tertiary/aromatic N) is 4. The minimum Gasteiger partial charge on any atom is -0.350 e. The van der Waals surface area contributed by atoms with E-state index in [1.165, 1.54) is 23.1 Å². The second kappa shape index (κ2) is 8.15. The van der Waals surface area contributed by atoms with Gasteiger partial charge in [0.1, 0.15) is 5.82 Å². The second-order valence-corrected chi connectivity index (χ2v) is 5.64. The van der Waals surface area contributed by atoms with Crippen LogP contribution in [0.15, 0.2) is 59.7 Å². The Labute approximate surface area is 150 Å². The monoisotopic (exact) mass is 349 g/mol. The number of carbonyl (C=O) groups excluding carboxylic acids is 1. The Bertz CT molecular complexity index is 936. The summed E-state index contributed by atoms with van der Waals surface area (Å²) in [5, 5.41) is 7.12. The molecule has 0 fully saturated rings. The van der Waals surface area contributed by atoms with Crippen LogP contribution in [0.1, 0.15) is 23.1 Å². The molecule has 0 aliphatic carbocycles. The Kier molecular flexibility index (Phi) is 5.48. The summed E-state index contributed by atoms with van der Waals surface area (Å²) in [5.41, 5.74) is 1.81. The molecular weight excluding hydrogens is 330 g/mol. The van der Waals surface area contributed by atoms with E-state index in [2.05, 4.69) is 20.4 Å². The van der Waals surface area contributed by atoms with Gasteiger partial charge in [-0.05, 0) is 6.07 Å². The summed E-state index contributed by atoms with van der Waals surface area (Å²) in [6.07, 6.45) is 3.72. The molecule has 1 amide bonds. The van der Waals surface area contributed by atoms with Crippen LogP contribution in [0.25, 0.3) is 11.3 Å². The number of carbonyl (C=O) groups is 1. The molecule has 0 aliphatic heterocycles. The van der Waals surface area contributed by atoms with Gasteiger partial charge in [0.25, 0.3) is 11.5 Å². The third kappa shape index (κ3) is 4.18. The number of hydrogen-bond acceptors (Lipinski definition) is 5. The standard InChI is InChI=1S/C19H19N5O2/c1-2-17-21-12-15(13-22-17)19(26)20-10-11-24-18(25)9-8-16(23-24)14-6-4-3-5-7-14/h3-9,12-13H,2,10-11H2,1H3,(H,20,26). The van der Waals surface area contributed by atoms with Crippen molar-refractivity contribution in [2.75, 3.05) is 6.54 Å². The van der Waals surface area contributed by atoms with Crippen molar-refractivity contribution in [3.63, 3.8) is 0 Å². The molecule has 132 valence electrons. The number of nitrogens with one attached hydrogen (secondary N) is 1. The molecule has 3 aromatic rings. The average Bonchev–Trinajstić information content (AvgIpc) is 2.70. The molecule has 0 aliphatic rings. The normalized spacial score (nSPS) is 10.5. The second-order valence-electron chi connectivity index (χ2n) is 5.64. The smallest absolute Gasteiger partial charge is 0.266 e. The minimum atomic E-state index is -0.278. The fourth-order valence-corrected chi connectivity index (χ4v) is 2.40. The zero-order valence-corrected chi connectivity index (χ0v) is 14.4. The van der Waals surface area contributed by atoms with Crippen molar-refractivity contribution in [3.8, 4) is 11.3 Å². The zero-order valence-electron chi connectivity index (χ0n) is 14.4. The summed E-state index contributed by atoms with van der Waals surface area (Å²) in [4.78, 5) is 32.3. The molecule has 0 bridgehead atoms. The molecule has 7 nitrogen and oxygen atoms in total. The Balaban J connectivity index is 1.64. The van der Waals surface area contributed by atoms with E-state index >= 15 is 0 Å². The van der Waals surface area contributed by atoms with E-state index in [0.717, 1.165) is 5.56 Å². The SMILES string of the molecule is CCc1ncc(C(=O)NCCn2nc(-c3ccccc3)ccc2=O)cn1. The Morgan fingerprint density at radius 2 is 1.81 bits per heavy atom. The van der Waals surface area contributed by atoms with Crippen LogP contribution in [0.4, 0.5) is 0 Å². The van der Waals surface area contributed by atoms with Gasteiger partial charge in [0.2, 0.25) is 0 Å². The van der Waals surface area contributed by atoms with Gasteiger partial charge in [0.05, 0.1) is 17.8 Å². The van der Waals surface area contributed by atoms with Crippen molar-refractivity contribution in [1.82, 2.24) is 25.1 Å². The molecule has 0 saturated carbocycles. The molecule has 7 heteroatoms. The Morgan fingerprint density at radius 1 is 1.08 bits per heavy atom. The van der Waals surface area contributed by atoms with Gasteiger partial charge >= 0.3 is 0 Å². The number of benzene rings is 1. The summed E-state index contributed by atoms with van der Waals surface area (Å²) in [5.74, 6) is 0.412. The highest BCUT2D eigenvalue weighted by Gasteiger charge is 2.07. The molecule has 1 aromatic carbocycles. The molecule has 3 rings (SSSR count). The van der Waals surface area contributed by atoms with Crippen molar-refractivity contribution in [1.29, 1.82) is 0 Å². The molecule has 1 N–H and O–H groups in total. The maximum absolute atomic E-state index is 12.1. The number of aryl methyl sites for hydroxylation is 1. The van der Waals surface area contributed by atoms with Crippen molar-refractivity contribution in [2.45, 2.75) is 19.9 Å². The zero-order chi connectivity index (χ0) is 18.4. The molecular formula is C19H19N5O2. The lowest BCUT2D eigenvalue weighted by atomic mass is 10.1. The van der Waals surface area contributed by atoms with Crippen LogP contribution in [-0.2, 0) is 13.0 Å². The molecule has 0 saturated heterocycles. The molecule has 0 spiro atoms. The summed E-state index contributed by atoms with van der Waals surface area (Å²) in [6, 6.07) is 12.8. The molecule has 0 atom stereocenters. The van der Waals surface area contributed by atoms with Gasteiger partial charge in [-0.15, -0.1) is 0 Å². The molecule has 0 radical (unpaired) electrons. The average molecular weight is 349 g/mol. The highest BCUT2D eigenvalue weighted by Crippen LogP contribution is 2.13. The van der Waals surface area contributed by atoms with E-state index in [1.807, 2.05) is 37.3 Å². The third-order valence-corrected chi connectivity index (χ3v) is 3.83. The third-order valence-electron chi connectivity index (χ3n) is 3.83. The van der Waals surface area contributed by atoms with E-state index in [4.69, 9.17) is 0 Å². The molecule has 2 heterocycles. The summed E-state index contributed by atoms with van der Waals surface area (Å²) in [6.45, 7) is 2.50. The lowest BCUT2D eigenvalue weighted by Crippen LogP contribution is -2.32. The highest BCUT2D eigenvalue weighted by molar-refractivity contribution is 5.93. The Morgan fingerprint density at radius 3 is 2.50 bits per heavy atom. The molecule has 0 unspecified atom stereocenters. The number of hydrogen-bond donors (Lipinski definition) is 1. The van der Waals surface area contributed by atoms with E-state index in [-0.39, 0.29) is 24.6 Å². The molecule has 2 aromatic heterocycles. The van der Waals surface area contributed by atoms with Gasteiger partial charge in [0.15, 0.2) is 0 Å². The quantitative estimate of drug-likeness (QED) is 0.731. The first kappa shape index (κ1) is 17.5. The summed E-state index contributed by atoms with van der Waals surface area (Å²) in [7, 11) is 0. The first-order chi connectivity index (χ1) is 12.7. The number of aromatic nitrogens is 4. The van der Waals surface area contributed by atoms with Crippen molar-refractivity contribution >= 4 is 5.91 Å². The van der Waals surface area contributed by atoms with Gasteiger partial charge in [-0.3, -0.25) is 9.59 Å². The fraction of sp³-hybridized carbons (Fsp3) is 0.211. The lowest BCUT2D eigenvalue weighted by molar-refractivity contribution is 0.0951. The largest absolute Gasteiger partial charge is 0.350 e. The van der Waals surface area contributed by atoms with Gasteiger partial charge in [-0.1, -0.05) is 37.3 Å². The maximum Gasteiger partial charge on any atom is 0.266 e. The van der Waals surface area contributed by atoms with Gasteiger partial charge in [-0.25, -0.2) is 14.6 Å². The van der Waals surface area contributed by atoms with Gasteiger partial charge < -0.3 is 5.32 Å². The summed E-state index contributed by atoms with van der Waals surface area (Å²) < 4.78 is 1.35. The van der Waals surface area contributed by atoms with E-state index in [0.29, 0.717) is 23.5 Å². The van der Waals surface area contributed by atoms with Gasteiger partial charge in [0, 0.05) is 37.0 Å². The van der Waals surface area contributed by atoms with E-state index in [9.17, 15) is 9.59 Å².